The Bertz CT molecular complexity index is 1240. The number of rotatable bonds is 7. The van der Waals surface area contributed by atoms with Crippen LogP contribution in [0, 0.1) is 17.2 Å². The van der Waals surface area contributed by atoms with Crippen molar-refractivity contribution in [3.63, 3.8) is 0 Å². The lowest BCUT2D eigenvalue weighted by Gasteiger charge is -2.37. The Morgan fingerprint density at radius 1 is 1.19 bits per heavy atom. The van der Waals surface area contributed by atoms with Gasteiger partial charge in [0.1, 0.15) is 11.7 Å². The Morgan fingerprint density at radius 3 is 2.69 bits per heavy atom. The van der Waals surface area contributed by atoms with Crippen LogP contribution in [-0.2, 0) is 6.54 Å². The molecule has 1 amide bonds. The second kappa shape index (κ2) is 11.3. The summed E-state index contributed by atoms with van der Waals surface area (Å²) in [6.45, 7) is 5.66. The zero-order chi connectivity index (χ0) is 25.7. The van der Waals surface area contributed by atoms with Crippen LogP contribution in [0.1, 0.15) is 35.3 Å². The third-order valence-corrected chi connectivity index (χ3v) is 6.63. The number of benzene rings is 2. The second-order valence-corrected chi connectivity index (χ2v) is 9.57. The number of nitriles is 1. The minimum Gasteiger partial charge on any atom is -0.472 e. The molecule has 186 valence electrons. The molecule has 0 aliphatic carbocycles. The van der Waals surface area contributed by atoms with E-state index in [-0.39, 0.29) is 30.6 Å². The molecule has 3 atom stereocenters. The Labute approximate surface area is 212 Å². The minimum atomic E-state index is -0.348. The van der Waals surface area contributed by atoms with Crippen LogP contribution in [0.4, 0.5) is 0 Å². The molecule has 0 fully saturated rings. The lowest BCUT2D eigenvalue weighted by atomic mass is 9.98. The largest absolute Gasteiger partial charge is 0.472 e. The molecule has 7 heteroatoms. The number of likely N-dealkylation sites (N-methyl/N-ethyl adjacent to an activating group) is 1. The highest BCUT2D eigenvalue weighted by atomic mass is 16.5. The molecule has 1 aliphatic heterocycles. The van der Waals surface area contributed by atoms with E-state index >= 15 is 0 Å². The van der Waals surface area contributed by atoms with Crippen LogP contribution in [0.25, 0.3) is 11.1 Å². The van der Waals surface area contributed by atoms with Crippen LogP contribution >= 0.6 is 0 Å². The molecule has 3 aromatic rings. The highest BCUT2D eigenvalue weighted by Gasteiger charge is 2.34. The van der Waals surface area contributed by atoms with Gasteiger partial charge in [-0.25, -0.2) is 4.98 Å². The van der Waals surface area contributed by atoms with Crippen LogP contribution in [0.5, 0.6) is 5.88 Å². The molecule has 7 nitrogen and oxygen atoms in total. The summed E-state index contributed by atoms with van der Waals surface area (Å²) in [6.07, 6.45) is 1.47. The highest BCUT2D eigenvalue weighted by molar-refractivity contribution is 5.98. The summed E-state index contributed by atoms with van der Waals surface area (Å²) in [4.78, 5) is 22.1. The maximum Gasteiger partial charge on any atom is 0.259 e. The normalized spacial score (nSPS) is 18.6. The number of aliphatic hydroxyl groups is 1. The molecule has 1 N–H and O–H groups in total. The van der Waals surface area contributed by atoms with Crippen molar-refractivity contribution in [2.45, 2.75) is 32.5 Å². The fourth-order valence-corrected chi connectivity index (χ4v) is 4.51. The Hall–Kier alpha value is -3.73. The topological polar surface area (TPSA) is 89.7 Å². The lowest BCUT2D eigenvalue weighted by molar-refractivity contribution is 0.0325. The second-order valence-electron chi connectivity index (χ2n) is 9.57. The zero-order valence-electron chi connectivity index (χ0n) is 21.0. The number of aromatic nitrogens is 1. The first-order valence-electron chi connectivity index (χ1n) is 12.2. The third-order valence-electron chi connectivity index (χ3n) is 6.63. The lowest BCUT2D eigenvalue weighted by Crippen LogP contribution is -2.49. The number of pyridine rings is 1. The molecule has 4 rings (SSSR count). The minimum absolute atomic E-state index is 0.0168. The van der Waals surface area contributed by atoms with Gasteiger partial charge in [0.2, 0.25) is 5.88 Å². The molecule has 0 radical (unpaired) electrons. The quantitative estimate of drug-likeness (QED) is 0.546. The molecule has 0 saturated carbocycles. The Kier molecular flexibility index (Phi) is 7.99. The summed E-state index contributed by atoms with van der Waals surface area (Å²) in [7, 11) is 2.06. The average Bonchev–Trinajstić information content (AvgIpc) is 2.90. The highest BCUT2D eigenvalue weighted by Crippen LogP contribution is 2.30. The summed E-state index contributed by atoms with van der Waals surface area (Å²) >= 11 is 0. The molecule has 0 bridgehead atoms. The van der Waals surface area contributed by atoms with Crippen LogP contribution in [0.2, 0.25) is 0 Å². The van der Waals surface area contributed by atoms with Crippen LogP contribution < -0.4 is 4.74 Å². The maximum atomic E-state index is 13.6. The van der Waals surface area contributed by atoms with E-state index in [0.29, 0.717) is 30.1 Å². The van der Waals surface area contributed by atoms with Crippen LogP contribution in [-0.4, -0.2) is 64.7 Å². The van der Waals surface area contributed by atoms with Crippen molar-refractivity contribution in [3.8, 4) is 23.1 Å². The summed E-state index contributed by atoms with van der Waals surface area (Å²) in [5.74, 6) is 0.0865. The first-order valence-corrected chi connectivity index (χ1v) is 12.2. The fraction of sp³-hybridized carbons (Fsp3) is 0.345. The smallest absolute Gasteiger partial charge is 0.259 e. The van der Waals surface area contributed by atoms with Gasteiger partial charge in [0.05, 0.1) is 24.3 Å². The van der Waals surface area contributed by atoms with Crippen molar-refractivity contribution >= 4 is 5.91 Å². The molecule has 0 unspecified atom stereocenters. The van der Waals surface area contributed by atoms with E-state index in [1.807, 2.05) is 37.3 Å². The summed E-state index contributed by atoms with van der Waals surface area (Å²) in [6, 6.07) is 21.0. The van der Waals surface area contributed by atoms with Gasteiger partial charge in [-0.15, -0.1) is 0 Å². The molecular formula is C29H32N4O3. The number of carbonyl (C=O) groups is 1. The number of hydrogen-bond acceptors (Lipinski definition) is 6. The summed E-state index contributed by atoms with van der Waals surface area (Å²) in [5, 5.41) is 19.2. The number of ether oxygens (including phenoxy) is 1. The van der Waals surface area contributed by atoms with E-state index in [1.54, 1.807) is 29.3 Å². The molecular weight excluding hydrogens is 452 g/mol. The number of aliphatic hydroxyl groups excluding tert-OH is 1. The SMILES string of the molecule is C[C@H]1CN([C@@H](C)CO)C(=O)c2cc(-c3cccc(C#N)c3)cnc2O[C@H]1CN(C)Cc1ccccc1. The van der Waals surface area contributed by atoms with Crippen LogP contribution in [0.3, 0.4) is 0 Å². The first kappa shape index (κ1) is 25.4. The van der Waals surface area contributed by atoms with Crippen molar-refractivity contribution in [2.24, 2.45) is 5.92 Å². The fourth-order valence-electron chi connectivity index (χ4n) is 4.51. The number of carbonyl (C=O) groups excluding carboxylic acids is 1. The first-order chi connectivity index (χ1) is 17.4. The number of fused-ring (bicyclic) bond motifs is 1. The monoisotopic (exact) mass is 484 g/mol. The third kappa shape index (κ3) is 5.73. The molecule has 1 aliphatic rings. The van der Waals surface area contributed by atoms with Gasteiger partial charge in [-0.2, -0.15) is 5.26 Å². The average molecular weight is 485 g/mol. The predicted molar refractivity (Wildman–Crippen MR) is 138 cm³/mol. The number of nitrogens with zero attached hydrogens (tertiary/aromatic N) is 4. The van der Waals surface area contributed by atoms with E-state index in [2.05, 4.69) is 42.1 Å². The Balaban J connectivity index is 1.67. The van der Waals surface area contributed by atoms with Crippen molar-refractivity contribution < 1.29 is 14.6 Å². The van der Waals surface area contributed by atoms with Crippen molar-refractivity contribution in [1.82, 2.24) is 14.8 Å². The van der Waals surface area contributed by atoms with Crippen LogP contribution in [0.15, 0.2) is 66.9 Å². The zero-order valence-corrected chi connectivity index (χ0v) is 21.0. The van der Waals surface area contributed by atoms with Crippen molar-refractivity contribution in [1.29, 1.82) is 5.26 Å². The van der Waals surface area contributed by atoms with Gasteiger partial charge in [0, 0.05) is 37.3 Å². The van der Waals surface area contributed by atoms with E-state index in [0.717, 1.165) is 17.7 Å². The van der Waals surface area contributed by atoms with E-state index in [9.17, 15) is 15.2 Å². The van der Waals surface area contributed by atoms with E-state index < -0.39 is 0 Å². The molecule has 2 heterocycles. The number of hydrogen-bond donors (Lipinski definition) is 1. The molecule has 0 saturated heterocycles. The van der Waals surface area contributed by atoms with Gasteiger partial charge < -0.3 is 14.7 Å². The van der Waals surface area contributed by atoms with Gasteiger partial charge >= 0.3 is 0 Å². The van der Waals surface area contributed by atoms with Crippen molar-refractivity contribution in [3.05, 3.63) is 83.6 Å². The predicted octanol–water partition coefficient (Wildman–Crippen LogP) is 3.97. The van der Waals surface area contributed by atoms with Gasteiger partial charge in [-0.1, -0.05) is 49.4 Å². The molecule has 36 heavy (non-hydrogen) atoms. The Morgan fingerprint density at radius 2 is 1.97 bits per heavy atom. The maximum absolute atomic E-state index is 13.6. The van der Waals surface area contributed by atoms with Crippen molar-refractivity contribution in [2.75, 3.05) is 26.7 Å². The molecule has 1 aromatic heterocycles. The molecule has 0 spiro atoms. The van der Waals surface area contributed by atoms with Gasteiger partial charge in [0.25, 0.3) is 5.91 Å². The number of amides is 1. The van der Waals surface area contributed by atoms with E-state index in [4.69, 9.17) is 4.74 Å². The molecule has 2 aromatic carbocycles. The van der Waals surface area contributed by atoms with Gasteiger partial charge in [0.15, 0.2) is 0 Å². The van der Waals surface area contributed by atoms with Gasteiger partial charge in [-0.05, 0) is 43.3 Å². The van der Waals surface area contributed by atoms with Gasteiger partial charge in [-0.3, -0.25) is 9.69 Å². The standard InChI is InChI=1S/C29H32N4O3/c1-20-16-33(21(2)19-34)29(35)26-13-25(24-11-7-10-23(12-24)14-30)15-31-28(26)36-27(20)18-32(3)17-22-8-5-4-6-9-22/h4-13,15,20-21,27,34H,16-19H2,1-3H3/t20-,21-,27-/m0/s1. The summed E-state index contributed by atoms with van der Waals surface area (Å²) < 4.78 is 6.41. The van der Waals surface area contributed by atoms with E-state index in [1.165, 1.54) is 5.56 Å². The summed E-state index contributed by atoms with van der Waals surface area (Å²) in [5.41, 5.74) is 3.64.